The summed E-state index contributed by atoms with van der Waals surface area (Å²) in [6.07, 6.45) is 5.15. The number of hydrogen-bond donors (Lipinski definition) is 2. The predicted octanol–water partition coefficient (Wildman–Crippen LogP) is 1.03. The molecule has 76 valence electrons. The van der Waals surface area contributed by atoms with E-state index < -0.39 is 0 Å². The molecule has 0 saturated heterocycles. The smallest absolute Gasteiger partial charge is 0.223 e. The second-order valence-corrected chi connectivity index (χ2v) is 3.82. The van der Waals surface area contributed by atoms with E-state index in [1.807, 2.05) is 0 Å². The second-order valence-electron chi connectivity index (χ2n) is 3.82. The van der Waals surface area contributed by atoms with Crippen LogP contribution in [0.4, 0.5) is 0 Å². The van der Waals surface area contributed by atoms with Gasteiger partial charge in [-0.3, -0.25) is 4.79 Å². The Morgan fingerprint density at radius 3 is 2.77 bits per heavy atom. The Morgan fingerprint density at radius 2 is 2.31 bits per heavy atom. The molecule has 0 radical (unpaired) electrons. The zero-order valence-electron chi connectivity index (χ0n) is 8.38. The van der Waals surface area contributed by atoms with E-state index in [0.29, 0.717) is 12.6 Å². The molecule has 0 aromatic rings. The maximum atomic E-state index is 11.6. The SMILES string of the molecule is CCC(CCCN)C(=O)NC1CC1. The number of carbonyl (C=O) groups excluding carboxylic acids is 1. The van der Waals surface area contributed by atoms with Crippen molar-refractivity contribution in [1.82, 2.24) is 5.32 Å². The molecule has 1 aliphatic carbocycles. The van der Waals surface area contributed by atoms with Crippen LogP contribution in [0, 0.1) is 5.92 Å². The van der Waals surface area contributed by atoms with Crippen LogP contribution in [0.15, 0.2) is 0 Å². The van der Waals surface area contributed by atoms with E-state index in [9.17, 15) is 4.79 Å². The van der Waals surface area contributed by atoms with Crippen LogP contribution >= 0.6 is 0 Å². The second kappa shape index (κ2) is 5.22. The van der Waals surface area contributed by atoms with Crippen molar-refractivity contribution in [1.29, 1.82) is 0 Å². The van der Waals surface area contributed by atoms with Crippen molar-refractivity contribution in [2.24, 2.45) is 11.7 Å². The summed E-state index contributed by atoms with van der Waals surface area (Å²) in [5.41, 5.74) is 5.41. The van der Waals surface area contributed by atoms with Crippen molar-refractivity contribution < 1.29 is 4.79 Å². The molecule has 1 aliphatic rings. The third kappa shape index (κ3) is 3.77. The Morgan fingerprint density at radius 1 is 1.62 bits per heavy atom. The van der Waals surface area contributed by atoms with Crippen molar-refractivity contribution in [3.63, 3.8) is 0 Å². The monoisotopic (exact) mass is 184 g/mol. The predicted molar refractivity (Wildman–Crippen MR) is 53.2 cm³/mol. The first-order chi connectivity index (χ1) is 6.27. The van der Waals surface area contributed by atoms with Crippen LogP contribution in [0.1, 0.15) is 39.0 Å². The quantitative estimate of drug-likeness (QED) is 0.648. The molecule has 1 atom stereocenters. The van der Waals surface area contributed by atoms with E-state index in [1.165, 1.54) is 12.8 Å². The first-order valence-electron chi connectivity index (χ1n) is 5.28. The summed E-state index contributed by atoms with van der Waals surface area (Å²) >= 11 is 0. The van der Waals surface area contributed by atoms with Crippen molar-refractivity contribution >= 4 is 5.91 Å². The number of amides is 1. The molecule has 0 aromatic heterocycles. The van der Waals surface area contributed by atoms with E-state index in [1.54, 1.807) is 0 Å². The summed E-state index contributed by atoms with van der Waals surface area (Å²) in [5, 5.41) is 3.03. The lowest BCUT2D eigenvalue weighted by molar-refractivity contribution is -0.125. The van der Waals surface area contributed by atoms with Crippen LogP contribution in [0.25, 0.3) is 0 Å². The van der Waals surface area contributed by atoms with Gasteiger partial charge in [0.25, 0.3) is 0 Å². The molecule has 3 heteroatoms. The van der Waals surface area contributed by atoms with Gasteiger partial charge >= 0.3 is 0 Å². The minimum atomic E-state index is 0.184. The molecule has 0 spiro atoms. The van der Waals surface area contributed by atoms with Gasteiger partial charge in [-0.15, -0.1) is 0 Å². The van der Waals surface area contributed by atoms with Gasteiger partial charge in [0.15, 0.2) is 0 Å². The van der Waals surface area contributed by atoms with Gasteiger partial charge in [0.05, 0.1) is 0 Å². The van der Waals surface area contributed by atoms with Gasteiger partial charge in [0.2, 0.25) is 5.91 Å². The fourth-order valence-electron chi connectivity index (χ4n) is 1.43. The summed E-state index contributed by atoms with van der Waals surface area (Å²) in [5.74, 6) is 0.419. The minimum absolute atomic E-state index is 0.184. The van der Waals surface area contributed by atoms with Gasteiger partial charge in [-0.05, 0) is 38.6 Å². The van der Waals surface area contributed by atoms with Crippen molar-refractivity contribution in [3.05, 3.63) is 0 Å². The molecule has 3 nitrogen and oxygen atoms in total. The number of rotatable bonds is 6. The fourth-order valence-corrected chi connectivity index (χ4v) is 1.43. The summed E-state index contributed by atoms with van der Waals surface area (Å²) in [6, 6.07) is 0.486. The molecule has 0 aliphatic heterocycles. The molecule has 3 N–H and O–H groups in total. The van der Waals surface area contributed by atoms with Gasteiger partial charge in [-0.25, -0.2) is 0 Å². The molecule has 1 unspecified atom stereocenters. The number of nitrogens with one attached hydrogen (secondary N) is 1. The highest BCUT2D eigenvalue weighted by molar-refractivity contribution is 5.79. The van der Waals surface area contributed by atoms with Crippen LogP contribution in [0.5, 0.6) is 0 Å². The highest BCUT2D eigenvalue weighted by Crippen LogP contribution is 2.20. The molecule has 1 saturated carbocycles. The van der Waals surface area contributed by atoms with Crippen molar-refractivity contribution in [2.75, 3.05) is 6.54 Å². The molecule has 1 amide bonds. The Hall–Kier alpha value is -0.570. The van der Waals surface area contributed by atoms with Crippen molar-refractivity contribution in [3.8, 4) is 0 Å². The summed E-state index contributed by atoms with van der Waals surface area (Å²) in [6.45, 7) is 2.75. The zero-order chi connectivity index (χ0) is 9.68. The van der Waals surface area contributed by atoms with E-state index in [0.717, 1.165) is 19.3 Å². The van der Waals surface area contributed by atoms with Gasteiger partial charge < -0.3 is 11.1 Å². The van der Waals surface area contributed by atoms with Crippen LogP contribution < -0.4 is 11.1 Å². The lowest BCUT2D eigenvalue weighted by Gasteiger charge is -2.13. The first-order valence-corrected chi connectivity index (χ1v) is 5.28. The topological polar surface area (TPSA) is 55.1 Å². The molecule has 0 aromatic carbocycles. The third-order valence-corrected chi connectivity index (χ3v) is 2.54. The molecular weight excluding hydrogens is 164 g/mol. The maximum Gasteiger partial charge on any atom is 0.223 e. The Bertz CT molecular complexity index is 166. The van der Waals surface area contributed by atoms with E-state index in [2.05, 4.69) is 12.2 Å². The highest BCUT2D eigenvalue weighted by atomic mass is 16.2. The van der Waals surface area contributed by atoms with Crippen LogP contribution in [-0.2, 0) is 4.79 Å². The number of nitrogens with two attached hydrogens (primary N) is 1. The van der Waals surface area contributed by atoms with Gasteiger partial charge in [-0.2, -0.15) is 0 Å². The number of hydrogen-bond acceptors (Lipinski definition) is 2. The van der Waals surface area contributed by atoms with E-state index in [-0.39, 0.29) is 11.8 Å². The largest absolute Gasteiger partial charge is 0.353 e. The molecule has 1 fully saturated rings. The van der Waals surface area contributed by atoms with Crippen LogP contribution in [0.3, 0.4) is 0 Å². The van der Waals surface area contributed by atoms with Gasteiger partial charge in [0.1, 0.15) is 0 Å². The van der Waals surface area contributed by atoms with Crippen LogP contribution in [-0.4, -0.2) is 18.5 Å². The average molecular weight is 184 g/mol. The lowest BCUT2D eigenvalue weighted by atomic mass is 9.99. The minimum Gasteiger partial charge on any atom is -0.353 e. The van der Waals surface area contributed by atoms with Crippen molar-refractivity contribution in [2.45, 2.75) is 45.1 Å². The first kappa shape index (κ1) is 10.5. The fraction of sp³-hybridized carbons (Fsp3) is 0.900. The van der Waals surface area contributed by atoms with Gasteiger partial charge in [0, 0.05) is 12.0 Å². The molecule has 1 rings (SSSR count). The normalized spacial score (nSPS) is 18.3. The maximum absolute atomic E-state index is 11.6. The standard InChI is InChI=1S/C10H20N2O/c1-2-8(4-3-7-11)10(13)12-9-5-6-9/h8-9H,2-7,11H2,1H3,(H,12,13). The molecular formula is C10H20N2O. The van der Waals surface area contributed by atoms with E-state index >= 15 is 0 Å². The zero-order valence-corrected chi connectivity index (χ0v) is 8.38. The Balaban J connectivity index is 2.21. The third-order valence-electron chi connectivity index (χ3n) is 2.54. The van der Waals surface area contributed by atoms with E-state index in [4.69, 9.17) is 5.73 Å². The summed E-state index contributed by atoms with van der Waals surface area (Å²) in [7, 11) is 0. The Labute approximate surface area is 80.1 Å². The molecule has 13 heavy (non-hydrogen) atoms. The Kier molecular flexibility index (Phi) is 4.22. The van der Waals surface area contributed by atoms with Crippen LogP contribution in [0.2, 0.25) is 0 Å². The molecule has 0 bridgehead atoms. The summed E-state index contributed by atoms with van der Waals surface area (Å²) < 4.78 is 0. The highest BCUT2D eigenvalue weighted by Gasteiger charge is 2.26. The van der Waals surface area contributed by atoms with Gasteiger partial charge in [-0.1, -0.05) is 6.92 Å². The number of carbonyl (C=O) groups is 1. The molecule has 0 heterocycles. The average Bonchev–Trinajstić information content (AvgIpc) is 2.90. The lowest BCUT2D eigenvalue weighted by Crippen LogP contribution is -2.32. The summed E-state index contributed by atoms with van der Waals surface area (Å²) in [4.78, 5) is 11.6.